The Morgan fingerprint density at radius 1 is 1.42 bits per heavy atom. The van der Waals surface area contributed by atoms with E-state index in [0.717, 1.165) is 19.3 Å². The molecule has 0 aromatic heterocycles. The van der Waals surface area contributed by atoms with Crippen LogP contribution in [0.2, 0.25) is 0 Å². The second-order valence-electron chi connectivity index (χ2n) is 5.50. The maximum Gasteiger partial charge on any atom is 0.315 e. The molecule has 2 rings (SSSR count). The van der Waals surface area contributed by atoms with Crippen LogP contribution in [0.5, 0.6) is 0 Å². The normalized spacial score (nSPS) is 27.2. The van der Waals surface area contributed by atoms with Crippen LogP contribution in [0.1, 0.15) is 38.5 Å². The Balaban J connectivity index is 1.67. The van der Waals surface area contributed by atoms with Crippen LogP contribution in [0.3, 0.4) is 0 Å². The highest BCUT2D eigenvalue weighted by Crippen LogP contribution is 2.57. The van der Waals surface area contributed by atoms with Gasteiger partial charge in [-0.1, -0.05) is 6.42 Å². The summed E-state index contributed by atoms with van der Waals surface area (Å²) in [5.74, 6) is -0.836. The van der Waals surface area contributed by atoms with E-state index < -0.39 is 5.97 Å². The fraction of sp³-hybridized carbons (Fsp3) is 0.846. The molecule has 6 nitrogen and oxygen atoms in total. The first kappa shape index (κ1) is 14.1. The van der Waals surface area contributed by atoms with E-state index in [2.05, 4.69) is 10.6 Å². The summed E-state index contributed by atoms with van der Waals surface area (Å²) >= 11 is 0. The summed E-state index contributed by atoms with van der Waals surface area (Å²) in [6, 6.07) is 0.00175. The van der Waals surface area contributed by atoms with Crippen molar-refractivity contribution in [3.63, 3.8) is 0 Å². The number of carboxylic acids is 1. The van der Waals surface area contributed by atoms with Gasteiger partial charge in [0.2, 0.25) is 0 Å². The lowest BCUT2D eigenvalue weighted by atomic mass is 9.51. The summed E-state index contributed by atoms with van der Waals surface area (Å²) in [5, 5.41) is 14.2. The number of rotatable bonds is 6. The molecule has 0 radical (unpaired) electrons. The quantitative estimate of drug-likeness (QED) is 0.631. The maximum atomic E-state index is 11.7. The number of carbonyl (C=O) groups excluding carboxylic acids is 1. The van der Waals surface area contributed by atoms with Crippen molar-refractivity contribution in [1.82, 2.24) is 10.6 Å². The number of methoxy groups -OCH3 is 1. The topological polar surface area (TPSA) is 87.7 Å². The minimum atomic E-state index is -0.836. The SMILES string of the molecule is COC1CC(NC(=O)NCCCC(=O)O)C12CCC2. The Kier molecular flexibility index (Phi) is 4.29. The number of carboxylic acid groups (broad SMARTS) is 1. The van der Waals surface area contributed by atoms with E-state index in [9.17, 15) is 9.59 Å². The van der Waals surface area contributed by atoms with Gasteiger partial charge in [-0.3, -0.25) is 4.79 Å². The number of nitrogens with one attached hydrogen (secondary N) is 2. The molecule has 3 N–H and O–H groups in total. The summed E-state index contributed by atoms with van der Waals surface area (Å²) in [6.45, 7) is 0.394. The van der Waals surface area contributed by atoms with Crippen LogP contribution < -0.4 is 10.6 Å². The Morgan fingerprint density at radius 2 is 2.16 bits per heavy atom. The minimum absolute atomic E-state index is 0.0827. The fourth-order valence-electron chi connectivity index (χ4n) is 3.19. The first-order valence-corrected chi connectivity index (χ1v) is 6.87. The molecular weight excluding hydrogens is 248 g/mol. The van der Waals surface area contributed by atoms with Gasteiger partial charge in [0.1, 0.15) is 0 Å². The van der Waals surface area contributed by atoms with Gasteiger partial charge < -0.3 is 20.5 Å². The van der Waals surface area contributed by atoms with Crippen LogP contribution in [0, 0.1) is 5.41 Å². The third-order valence-electron chi connectivity index (χ3n) is 4.51. The molecule has 2 atom stereocenters. The van der Waals surface area contributed by atoms with Gasteiger partial charge in [-0.05, 0) is 25.7 Å². The molecule has 2 fully saturated rings. The third-order valence-corrected chi connectivity index (χ3v) is 4.51. The van der Waals surface area contributed by atoms with E-state index in [0.29, 0.717) is 13.0 Å². The fourth-order valence-corrected chi connectivity index (χ4v) is 3.19. The summed E-state index contributed by atoms with van der Waals surface area (Å²) < 4.78 is 5.44. The highest BCUT2D eigenvalue weighted by molar-refractivity contribution is 5.74. The van der Waals surface area contributed by atoms with Gasteiger partial charge in [0.05, 0.1) is 6.10 Å². The monoisotopic (exact) mass is 270 g/mol. The second-order valence-corrected chi connectivity index (χ2v) is 5.50. The lowest BCUT2D eigenvalue weighted by Crippen LogP contribution is -2.68. The van der Waals surface area contributed by atoms with Gasteiger partial charge in [-0.25, -0.2) is 4.79 Å². The first-order valence-electron chi connectivity index (χ1n) is 6.87. The number of hydrogen-bond acceptors (Lipinski definition) is 3. The zero-order valence-electron chi connectivity index (χ0n) is 11.3. The van der Waals surface area contributed by atoms with Gasteiger partial charge in [0.15, 0.2) is 0 Å². The number of aliphatic carboxylic acids is 1. The standard InChI is InChI=1S/C13H22N2O4/c1-19-10-8-9(13(10)5-3-6-13)15-12(18)14-7-2-4-11(16)17/h9-10H,2-8H2,1H3,(H,16,17)(H2,14,15,18). The van der Waals surface area contributed by atoms with Crippen molar-refractivity contribution in [2.45, 2.75) is 50.7 Å². The molecule has 0 bridgehead atoms. The summed E-state index contributed by atoms with van der Waals surface area (Å²) in [4.78, 5) is 22.0. The molecule has 2 aliphatic rings. The molecule has 19 heavy (non-hydrogen) atoms. The highest BCUT2D eigenvalue weighted by atomic mass is 16.5. The van der Waals surface area contributed by atoms with Gasteiger partial charge >= 0.3 is 12.0 Å². The highest BCUT2D eigenvalue weighted by Gasteiger charge is 2.59. The molecule has 0 heterocycles. The smallest absolute Gasteiger partial charge is 0.315 e. The van der Waals surface area contributed by atoms with Crippen molar-refractivity contribution in [3.05, 3.63) is 0 Å². The van der Waals surface area contributed by atoms with E-state index in [1.165, 1.54) is 6.42 Å². The largest absolute Gasteiger partial charge is 0.481 e. The van der Waals surface area contributed by atoms with E-state index in [4.69, 9.17) is 9.84 Å². The lowest BCUT2D eigenvalue weighted by molar-refractivity contribution is -0.158. The zero-order chi connectivity index (χ0) is 13.9. The predicted molar refractivity (Wildman–Crippen MR) is 68.9 cm³/mol. The zero-order valence-corrected chi connectivity index (χ0v) is 11.3. The Morgan fingerprint density at radius 3 is 2.68 bits per heavy atom. The van der Waals surface area contributed by atoms with Crippen LogP contribution in [0.25, 0.3) is 0 Å². The predicted octanol–water partition coefficient (Wildman–Crippen LogP) is 1.11. The summed E-state index contributed by atoms with van der Waals surface area (Å²) in [7, 11) is 1.73. The molecular formula is C13H22N2O4. The molecule has 0 aromatic carbocycles. The average Bonchev–Trinajstić information content (AvgIpc) is 2.27. The molecule has 0 aromatic rings. The van der Waals surface area contributed by atoms with Crippen molar-refractivity contribution >= 4 is 12.0 Å². The van der Waals surface area contributed by atoms with Gasteiger partial charge in [0, 0.05) is 31.5 Å². The van der Waals surface area contributed by atoms with Crippen molar-refractivity contribution < 1.29 is 19.4 Å². The average molecular weight is 270 g/mol. The maximum absolute atomic E-state index is 11.7. The van der Waals surface area contributed by atoms with Crippen molar-refractivity contribution in [2.24, 2.45) is 5.41 Å². The third kappa shape index (κ3) is 2.83. The van der Waals surface area contributed by atoms with Gasteiger partial charge in [0.25, 0.3) is 0 Å². The number of hydrogen-bond donors (Lipinski definition) is 3. The molecule has 6 heteroatoms. The molecule has 2 amide bonds. The summed E-state index contributed by atoms with van der Waals surface area (Å²) in [6.07, 6.45) is 5.14. The van der Waals surface area contributed by atoms with Crippen molar-refractivity contribution in [3.8, 4) is 0 Å². The lowest BCUT2D eigenvalue weighted by Gasteiger charge is -2.60. The number of amides is 2. The van der Waals surface area contributed by atoms with Crippen molar-refractivity contribution in [2.75, 3.05) is 13.7 Å². The molecule has 2 unspecified atom stereocenters. The van der Waals surface area contributed by atoms with Gasteiger partial charge in [-0.15, -0.1) is 0 Å². The molecule has 2 saturated carbocycles. The van der Waals surface area contributed by atoms with Crippen molar-refractivity contribution in [1.29, 1.82) is 0 Å². The minimum Gasteiger partial charge on any atom is -0.481 e. The molecule has 0 saturated heterocycles. The first-order chi connectivity index (χ1) is 9.08. The van der Waals surface area contributed by atoms with Crippen LogP contribution in [-0.4, -0.2) is 42.9 Å². The van der Waals surface area contributed by atoms with E-state index in [1.54, 1.807) is 7.11 Å². The number of urea groups is 1. The van der Waals surface area contributed by atoms with Crippen LogP contribution in [0.15, 0.2) is 0 Å². The molecule has 108 valence electrons. The van der Waals surface area contributed by atoms with Crippen LogP contribution >= 0.6 is 0 Å². The Hall–Kier alpha value is -1.30. The van der Waals surface area contributed by atoms with Crippen LogP contribution in [-0.2, 0) is 9.53 Å². The Labute approximate surface area is 112 Å². The van der Waals surface area contributed by atoms with Crippen LogP contribution in [0.4, 0.5) is 4.79 Å². The van der Waals surface area contributed by atoms with E-state index in [1.807, 2.05) is 0 Å². The van der Waals surface area contributed by atoms with E-state index in [-0.39, 0.29) is 30.0 Å². The molecule has 1 spiro atoms. The number of carbonyl (C=O) groups is 2. The van der Waals surface area contributed by atoms with E-state index >= 15 is 0 Å². The number of ether oxygens (including phenoxy) is 1. The second kappa shape index (κ2) is 5.77. The Bertz CT molecular complexity index is 355. The summed E-state index contributed by atoms with van der Waals surface area (Å²) in [5.41, 5.74) is 0.160. The molecule has 0 aliphatic heterocycles. The van der Waals surface area contributed by atoms with Gasteiger partial charge in [-0.2, -0.15) is 0 Å². The molecule has 2 aliphatic carbocycles.